The Bertz CT molecular complexity index is 1460. The highest BCUT2D eigenvalue weighted by molar-refractivity contribution is 7.90. The third-order valence-electron chi connectivity index (χ3n) is 9.26. The molecule has 0 aromatic heterocycles. The smallest absolute Gasteiger partial charge is 0.266 e. The number of aliphatic hydroxyl groups is 1. The van der Waals surface area contributed by atoms with Crippen molar-refractivity contribution in [3.05, 3.63) is 83.4 Å². The Balaban J connectivity index is 1.51. The molecule has 2 unspecified atom stereocenters. The number of rotatable bonds is 10. The minimum absolute atomic E-state index is 0.0836. The van der Waals surface area contributed by atoms with Gasteiger partial charge >= 0.3 is 0 Å². The van der Waals surface area contributed by atoms with Crippen molar-refractivity contribution in [2.24, 2.45) is 17.8 Å². The quantitative estimate of drug-likeness (QED) is 0.336. The summed E-state index contributed by atoms with van der Waals surface area (Å²) in [5.74, 6) is -0.273. The summed E-state index contributed by atoms with van der Waals surface area (Å²) in [6, 6.07) is 11.8. The standard InChI is InChI=1S/C33H41ClN2O5S/c1-4-9-22(3)19-42(39,40)35-32(38)26-15-16-29-31(30(26)34)36(18-24-13-14-25(24)28(37)5-2)20-33(21-41-29)17-8-11-23-10-6-7-12-27(23)33/h4-7,10,12,15-16,22,24-25,28,37H,1-2,8-9,11,13-14,17-21H2,3H3,(H,35,38)/t22?,24-,25+,28?,33-/m0/s1. The van der Waals surface area contributed by atoms with Gasteiger partial charge in [-0.3, -0.25) is 4.79 Å². The second-order valence-electron chi connectivity index (χ2n) is 12.3. The van der Waals surface area contributed by atoms with Gasteiger partial charge in [0.1, 0.15) is 5.75 Å². The first-order valence-corrected chi connectivity index (χ1v) is 16.9. The van der Waals surface area contributed by atoms with Crippen molar-refractivity contribution in [2.75, 3.05) is 30.3 Å². The molecule has 5 atom stereocenters. The maximum absolute atomic E-state index is 13.3. The van der Waals surface area contributed by atoms with Crippen LogP contribution in [0, 0.1) is 17.8 Å². The molecule has 0 radical (unpaired) electrons. The van der Waals surface area contributed by atoms with Crippen LogP contribution >= 0.6 is 11.6 Å². The normalized spacial score (nSPS) is 24.7. The molecule has 2 aromatic carbocycles. The van der Waals surface area contributed by atoms with Crippen molar-refractivity contribution < 1.29 is 23.1 Å². The number of carbonyl (C=O) groups excluding carboxylic acids is 1. The van der Waals surface area contributed by atoms with Crippen LogP contribution in [0.4, 0.5) is 5.69 Å². The van der Waals surface area contributed by atoms with Crippen LogP contribution in [-0.4, -0.2) is 51.0 Å². The average Bonchev–Trinajstić information content (AvgIpc) is 3.08. The third kappa shape index (κ3) is 6.12. The number of ether oxygens (including phenoxy) is 1. The number of halogens is 1. The molecule has 2 aromatic rings. The van der Waals surface area contributed by atoms with Crippen molar-refractivity contribution >= 4 is 33.2 Å². The number of hydrogen-bond acceptors (Lipinski definition) is 6. The molecule has 3 aliphatic rings. The Morgan fingerprint density at radius 3 is 2.76 bits per heavy atom. The van der Waals surface area contributed by atoms with E-state index < -0.39 is 22.0 Å². The molecule has 1 amide bonds. The summed E-state index contributed by atoms with van der Waals surface area (Å²) >= 11 is 7.02. The number of aliphatic hydroxyl groups excluding tert-OH is 1. The fourth-order valence-corrected chi connectivity index (χ4v) is 8.73. The minimum atomic E-state index is -3.89. The molecule has 2 N–H and O–H groups in total. The van der Waals surface area contributed by atoms with Crippen LogP contribution in [0.2, 0.25) is 5.02 Å². The molecule has 42 heavy (non-hydrogen) atoms. The van der Waals surface area contributed by atoms with Gasteiger partial charge in [0.25, 0.3) is 5.91 Å². The van der Waals surface area contributed by atoms with Gasteiger partial charge in [-0.25, -0.2) is 13.1 Å². The summed E-state index contributed by atoms with van der Waals surface area (Å²) in [7, 11) is -3.89. The lowest BCUT2D eigenvalue weighted by Gasteiger charge is -2.45. The number of sulfonamides is 1. The summed E-state index contributed by atoms with van der Waals surface area (Å²) in [5, 5.41) is 10.7. The largest absolute Gasteiger partial charge is 0.490 e. The first-order valence-electron chi connectivity index (χ1n) is 14.8. The summed E-state index contributed by atoms with van der Waals surface area (Å²) in [4.78, 5) is 15.5. The number of benzene rings is 2. The van der Waals surface area contributed by atoms with Crippen LogP contribution in [0.5, 0.6) is 5.75 Å². The summed E-state index contributed by atoms with van der Waals surface area (Å²) in [6.07, 6.45) is 8.09. The molecular formula is C33H41ClN2O5S. The molecule has 2 aliphatic carbocycles. The number of carbonyl (C=O) groups is 1. The zero-order valence-electron chi connectivity index (χ0n) is 24.2. The maximum atomic E-state index is 13.3. The average molecular weight is 613 g/mol. The van der Waals surface area contributed by atoms with Gasteiger partial charge in [0.05, 0.1) is 34.7 Å². The van der Waals surface area contributed by atoms with Gasteiger partial charge in [-0.15, -0.1) is 13.2 Å². The highest BCUT2D eigenvalue weighted by atomic mass is 35.5. The van der Waals surface area contributed by atoms with Crippen LogP contribution in [0.3, 0.4) is 0 Å². The predicted octanol–water partition coefficient (Wildman–Crippen LogP) is 5.66. The van der Waals surface area contributed by atoms with E-state index in [2.05, 4.69) is 47.0 Å². The molecule has 0 saturated heterocycles. The fraction of sp³-hybridized carbons (Fsp3) is 0.485. The summed E-state index contributed by atoms with van der Waals surface area (Å²) < 4.78 is 34.3. The molecule has 0 bridgehead atoms. The van der Waals surface area contributed by atoms with Crippen molar-refractivity contribution in [1.29, 1.82) is 0 Å². The van der Waals surface area contributed by atoms with Crippen molar-refractivity contribution in [1.82, 2.24) is 4.72 Å². The van der Waals surface area contributed by atoms with E-state index in [0.717, 1.165) is 32.1 Å². The van der Waals surface area contributed by atoms with Crippen LogP contribution in [-0.2, 0) is 21.9 Å². The third-order valence-corrected chi connectivity index (χ3v) is 11.1. The maximum Gasteiger partial charge on any atom is 0.266 e. The summed E-state index contributed by atoms with van der Waals surface area (Å²) in [5.41, 5.74) is 3.00. The minimum Gasteiger partial charge on any atom is -0.490 e. The number of aryl methyl sites for hydroxylation is 1. The number of nitrogens with one attached hydrogen (secondary N) is 1. The number of fused-ring (bicyclic) bond motifs is 3. The van der Waals surface area contributed by atoms with Gasteiger partial charge in [-0.05, 0) is 79.5 Å². The van der Waals surface area contributed by atoms with Gasteiger partial charge in [-0.2, -0.15) is 0 Å². The Hall–Kier alpha value is -2.81. The second-order valence-corrected chi connectivity index (χ2v) is 14.4. The lowest BCUT2D eigenvalue weighted by Crippen LogP contribution is -2.49. The number of amides is 1. The van der Waals surface area contributed by atoms with Gasteiger partial charge in [-0.1, -0.05) is 54.9 Å². The van der Waals surface area contributed by atoms with Crippen LogP contribution < -0.4 is 14.4 Å². The van der Waals surface area contributed by atoms with E-state index >= 15 is 0 Å². The van der Waals surface area contributed by atoms with Crippen molar-refractivity contribution in [2.45, 2.75) is 57.0 Å². The number of allylic oxidation sites excluding steroid dienone is 1. The molecule has 5 rings (SSSR count). The molecule has 1 heterocycles. The molecule has 9 heteroatoms. The monoisotopic (exact) mass is 612 g/mol. The Labute approximate surface area is 254 Å². The Morgan fingerprint density at radius 2 is 2.05 bits per heavy atom. The highest BCUT2D eigenvalue weighted by Gasteiger charge is 2.44. The Morgan fingerprint density at radius 1 is 1.26 bits per heavy atom. The lowest BCUT2D eigenvalue weighted by molar-refractivity contribution is 0.0460. The molecule has 226 valence electrons. The second kappa shape index (κ2) is 12.4. The Kier molecular flexibility index (Phi) is 9.07. The SMILES string of the molecule is C=CCC(C)CS(=O)(=O)NC(=O)c1ccc2c(c1Cl)N(C[C@@H]1CC[C@H]1C(O)C=C)C[C@@]1(CCCc3ccccc31)CO2. The number of hydrogen-bond donors (Lipinski definition) is 2. The van der Waals surface area contributed by atoms with Gasteiger partial charge < -0.3 is 14.7 Å². The molecule has 7 nitrogen and oxygen atoms in total. The van der Waals surface area contributed by atoms with Gasteiger partial charge in [0.15, 0.2) is 0 Å². The van der Waals surface area contributed by atoms with E-state index in [1.165, 1.54) is 17.2 Å². The molecule has 1 saturated carbocycles. The molecule has 1 spiro atoms. The van der Waals surface area contributed by atoms with E-state index in [9.17, 15) is 18.3 Å². The number of nitrogens with zero attached hydrogens (tertiary/aromatic N) is 1. The lowest BCUT2D eigenvalue weighted by atomic mass is 9.68. The van der Waals surface area contributed by atoms with E-state index in [1.54, 1.807) is 25.1 Å². The van der Waals surface area contributed by atoms with Gasteiger partial charge in [0.2, 0.25) is 10.0 Å². The van der Waals surface area contributed by atoms with E-state index in [4.69, 9.17) is 16.3 Å². The first kappa shape index (κ1) is 30.6. The van der Waals surface area contributed by atoms with E-state index in [-0.39, 0.29) is 39.5 Å². The molecular weight excluding hydrogens is 572 g/mol. The highest BCUT2D eigenvalue weighted by Crippen LogP contribution is 2.48. The molecule has 1 fully saturated rings. The summed E-state index contributed by atoms with van der Waals surface area (Å²) in [6.45, 7) is 11.0. The van der Waals surface area contributed by atoms with Crippen molar-refractivity contribution in [3.8, 4) is 5.75 Å². The zero-order valence-corrected chi connectivity index (χ0v) is 25.8. The zero-order chi connectivity index (χ0) is 30.1. The predicted molar refractivity (Wildman–Crippen MR) is 168 cm³/mol. The van der Waals surface area contributed by atoms with E-state index in [0.29, 0.717) is 37.6 Å². The van der Waals surface area contributed by atoms with Crippen LogP contribution in [0.15, 0.2) is 61.7 Å². The first-order chi connectivity index (χ1) is 20.1. The topological polar surface area (TPSA) is 95.9 Å². The van der Waals surface area contributed by atoms with Crippen LogP contribution in [0.25, 0.3) is 0 Å². The number of anilines is 1. The molecule has 1 aliphatic heterocycles. The van der Waals surface area contributed by atoms with Crippen molar-refractivity contribution in [3.63, 3.8) is 0 Å². The van der Waals surface area contributed by atoms with E-state index in [1.807, 2.05) is 0 Å². The van der Waals surface area contributed by atoms with Crippen LogP contribution in [0.1, 0.15) is 60.5 Å². The fourth-order valence-electron chi connectivity index (χ4n) is 7.01. The van der Waals surface area contributed by atoms with Gasteiger partial charge in [0, 0.05) is 18.5 Å².